The maximum atomic E-state index is 12.2. The Kier molecular flexibility index (Phi) is 6.58. The number of hydrogen-bond acceptors (Lipinski definition) is 7. The molecule has 31 heavy (non-hydrogen) atoms. The van der Waals surface area contributed by atoms with Gasteiger partial charge in [0, 0.05) is 37.6 Å². The van der Waals surface area contributed by atoms with Crippen LogP contribution in [-0.2, 0) is 4.74 Å². The first kappa shape index (κ1) is 22.3. The van der Waals surface area contributed by atoms with Crippen LogP contribution in [0.25, 0.3) is 0 Å². The Morgan fingerprint density at radius 3 is 2.16 bits per heavy atom. The Labute approximate surface area is 182 Å². The van der Waals surface area contributed by atoms with Crippen LogP contribution in [0.15, 0.2) is 42.5 Å². The van der Waals surface area contributed by atoms with Crippen molar-refractivity contribution in [3.05, 3.63) is 48.0 Å². The molecule has 2 N–H and O–H groups in total. The van der Waals surface area contributed by atoms with E-state index in [1.54, 1.807) is 35.2 Å². The highest BCUT2D eigenvalue weighted by Gasteiger charge is 2.26. The molecule has 1 heterocycles. The summed E-state index contributed by atoms with van der Waals surface area (Å²) in [5, 5.41) is 0. The average molecular weight is 428 g/mol. The molecule has 1 aliphatic rings. The largest absolute Gasteiger partial charge is 0.519 e. The van der Waals surface area contributed by atoms with E-state index in [1.165, 1.54) is 0 Å². The number of rotatable bonds is 3. The average Bonchev–Trinajstić information content (AvgIpc) is 2.70. The van der Waals surface area contributed by atoms with E-state index in [-0.39, 0.29) is 6.09 Å². The fraction of sp³-hybridized carbons (Fsp3) is 0.391. The number of nitrogen functional groups attached to an aromatic ring is 1. The minimum absolute atomic E-state index is 0.285. The maximum Gasteiger partial charge on any atom is 0.519 e. The molecule has 1 amide bonds. The highest BCUT2D eigenvalue weighted by Crippen LogP contribution is 2.26. The van der Waals surface area contributed by atoms with Crippen molar-refractivity contribution >= 4 is 23.6 Å². The third-order valence-electron chi connectivity index (χ3n) is 4.73. The molecule has 1 saturated heterocycles. The van der Waals surface area contributed by atoms with Crippen LogP contribution >= 0.6 is 0 Å². The number of aryl methyl sites for hydroxylation is 1. The summed E-state index contributed by atoms with van der Waals surface area (Å²) in [4.78, 5) is 28.2. The van der Waals surface area contributed by atoms with Crippen molar-refractivity contribution in [2.75, 3.05) is 36.8 Å². The second-order valence-corrected chi connectivity index (χ2v) is 8.43. The molecule has 8 heteroatoms. The summed E-state index contributed by atoms with van der Waals surface area (Å²) in [6.07, 6.45) is -1.10. The molecular weight excluding hydrogens is 398 g/mol. The van der Waals surface area contributed by atoms with Crippen molar-refractivity contribution in [3.8, 4) is 11.5 Å². The van der Waals surface area contributed by atoms with Crippen LogP contribution in [0.1, 0.15) is 26.3 Å². The van der Waals surface area contributed by atoms with Gasteiger partial charge in [-0.15, -0.1) is 0 Å². The number of ether oxygens (including phenoxy) is 3. The van der Waals surface area contributed by atoms with Gasteiger partial charge in [0.2, 0.25) is 0 Å². The summed E-state index contributed by atoms with van der Waals surface area (Å²) in [7, 11) is 0. The van der Waals surface area contributed by atoms with Gasteiger partial charge in [0.25, 0.3) is 0 Å². The first-order valence-corrected chi connectivity index (χ1v) is 10.2. The molecule has 0 bridgehead atoms. The second-order valence-electron chi connectivity index (χ2n) is 8.43. The van der Waals surface area contributed by atoms with E-state index in [1.807, 2.05) is 39.8 Å². The lowest BCUT2D eigenvalue weighted by Crippen LogP contribution is -2.50. The summed E-state index contributed by atoms with van der Waals surface area (Å²) in [5.41, 5.74) is 7.51. The molecule has 2 aromatic rings. The van der Waals surface area contributed by atoms with E-state index in [4.69, 9.17) is 19.9 Å². The molecule has 0 unspecified atom stereocenters. The predicted octanol–water partition coefficient (Wildman–Crippen LogP) is 4.21. The summed E-state index contributed by atoms with van der Waals surface area (Å²) in [6, 6.07) is 12.1. The van der Waals surface area contributed by atoms with Gasteiger partial charge in [-0.2, -0.15) is 0 Å². The van der Waals surface area contributed by atoms with Gasteiger partial charge in [-0.1, -0.05) is 0 Å². The zero-order valence-electron chi connectivity index (χ0n) is 18.4. The first-order chi connectivity index (χ1) is 14.6. The van der Waals surface area contributed by atoms with Gasteiger partial charge in [0.05, 0.1) is 0 Å². The molecule has 0 radical (unpaired) electrons. The van der Waals surface area contributed by atoms with Gasteiger partial charge in [-0.05, 0) is 75.7 Å². The standard InChI is InChI=1S/C23H29N3O5/c1-16-15-18(25-11-13-26(14-12-25)21(27)31-23(2,3)4)7-10-20(16)30-22(28)29-19-8-5-17(24)6-9-19/h5-10,15H,11-14,24H2,1-4H3. The molecule has 0 atom stereocenters. The van der Waals surface area contributed by atoms with Crippen LogP contribution in [-0.4, -0.2) is 48.9 Å². The van der Waals surface area contributed by atoms with E-state index < -0.39 is 11.8 Å². The lowest BCUT2D eigenvalue weighted by Gasteiger charge is -2.36. The fourth-order valence-electron chi connectivity index (χ4n) is 3.16. The SMILES string of the molecule is Cc1cc(N2CCN(C(=O)OC(C)(C)C)CC2)ccc1OC(=O)Oc1ccc(N)cc1. The molecule has 8 nitrogen and oxygen atoms in total. The Hall–Kier alpha value is -3.42. The molecule has 1 fully saturated rings. The van der Waals surface area contributed by atoms with Gasteiger partial charge >= 0.3 is 12.2 Å². The van der Waals surface area contributed by atoms with Crippen LogP contribution in [0.4, 0.5) is 21.0 Å². The normalized spacial score (nSPS) is 14.2. The molecule has 0 aromatic heterocycles. The Morgan fingerprint density at radius 2 is 1.58 bits per heavy atom. The number of hydrogen-bond donors (Lipinski definition) is 1. The number of nitrogens with zero attached hydrogens (tertiary/aromatic N) is 2. The van der Waals surface area contributed by atoms with Gasteiger partial charge in [-0.3, -0.25) is 0 Å². The van der Waals surface area contributed by atoms with E-state index >= 15 is 0 Å². The highest BCUT2D eigenvalue weighted by atomic mass is 16.7. The van der Waals surface area contributed by atoms with Crippen LogP contribution in [0.2, 0.25) is 0 Å². The number of anilines is 2. The number of nitrogens with two attached hydrogens (primary N) is 1. The minimum atomic E-state index is -0.813. The first-order valence-electron chi connectivity index (χ1n) is 10.2. The molecule has 0 aliphatic carbocycles. The van der Waals surface area contributed by atoms with Gasteiger partial charge in [0.15, 0.2) is 0 Å². The Balaban J connectivity index is 1.55. The zero-order valence-corrected chi connectivity index (χ0v) is 18.4. The lowest BCUT2D eigenvalue weighted by atomic mass is 10.1. The molecular formula is C23H29N3O5. The lowest BCUT2D eigenvalue weighted by molar-refractivity contribution is 0.0240. The number of carbonyl (C=O) groups is 2. The van der Waals surface area contributed by atoms with Crippen LogP contribution in [0, 0.1) is 6.92 Å². The fourth-order valence-corrected chi connectivity index (χ4v) is 3.16. The van der Waals surface area contributed by atoms with Crippen molar-refractivity contribution in [1.82, 2.24) is 4.90 Å². The number of amides is 1. The maximum absolute atomic E-state index is 12.2. The topological polar surface area (TPSA) is 94.3 Å². The van der Waals surface area contributed by atoms with E-state index in [9.17, 15) is 9.59 Å². The molecule has 3 rings (SSSR count). The van der Waals surface area contributed by atoms with Crippen molar-refractivity contribution in [2.45, 2.75) is 33.3 Å². The minimum Gasteiger partial charge on any atom is -0.444 e. The summed E-state index contributed by atoms with van der Waals surface area (Å²) >= 11 is 0. The van der Waals surface area contributed by atoms with Gasteiger partial charge in [-0.25, -0.2) is 9.59 Å². The molecule has 1 aliphatic heterocycles. The highest BCUT2D eigenvalue weighted by molar-refractivity contribution is 5.70. The summed E-state index contributed by atoms with van der Waals surface area (Å²) in [5.74, 6) is 0.785. The Bertz CT molecular complexity index is 929. The smallest absolute Gasteiger partial charge is 0.444 e. The van der Waals surface area contributed by atoms with Gasteiger partial charge in [0.1, 0.15) is 17.1 Å². The number of piperazine rings is 1. The third-order valence-corrected chi connectivity index (χ3v) is 4.73. The third kappa shape index (κ3) is 6.28. The van der Waals surface area contributed by atoms with Crippen molar-refractivity contribution < 1.29 is 23.8 Å². The molecule has 166 valence electrons. The quantitative estimate of drug-likeness (QED) is 0.445. The second kappa shape index (κ2) is 9.16. The zero-order chi connectivity index (χ0) is 22.6. The van der Waals surface area contributed by atoms with E-state index in [0.29, 0.717) is 43.4 Å². The van der Waals surface area contributed by atoms with E-state index in [2.05, 4.69) is 4.90 Å². The predicted molar refractivity (Wildman–Crippen MR) is 119 cm³/mol. The van der Waals surface area contributed by atoms with Crippen LogP contribution in [0.5, 0.6) is 11.5 Å². The summed E-state index contributed by atoms with van der Waals surface area (Å²) < 4.78 is 15.9. The van der Waals surface area contributed by atoms with Gasteiger partial charge < -0.3 is 29.7 Å². The Morgan fingerprint density at radius 1 is 0.935 bits per heavy atom. The van der Waals surface area contributed by atoms with Crippen molar-refractivity contribution in [1.29, 1.82) is 0 Å². The molecule has 0 saturated carbocycles. The number of carbonyl (C=O) groups excluding carboxylic acids is 2. The van der Waals surface area contributed by atoms with Crippen molar-refractivity contribution in [2.24, 2.45) is 0 Å². The monoisotopic (exact) mass is 427 g/mol. The van der Waals surface area contributed by atoms with Crippen LogP contribution < -0.4 is 20.1 Å². The summed E-state index contributed by atoms with van der Waals surface area (Å²) in [6.45, 7) is 10.00. The van der Waals surface area contributed by atoms with Crippen LogP contribution in [0.3, 0.4) is 0 Å². The molecule has 0 spiro atoms. The number of benzene rings is 2. The molecule has 2 aromatic carbocycles. The van der Waals surface area contributed by atoms with E-state index in [0.717, 1.165) is 11.3 Å². The van der Waals surface area contributed by atoms with Crippen molar-refractivity contribution in [3.63, 3.8) is 0 Å².